The molecule has 2 rings (SSSR count). The third-order valence-corrected chi connectivity index (χ3v) is 3.49. The molecule has 0 unspecified atom stereocenters. The lowest BCUT2D eigenvalue weighted by atomic mass is 10.2. The van der Waals surface area contributed by atoms with Gasteiger partial charge in [-0.2, -0.15) is 0 Å². The topological polar surface area (TPSA) is 37.3 Å². The first-order valence-corrected chi connectivity index (χ1v) is 6.12. The third kappa shape index (κ3) is 3.02. The van der Waals surface area contributed by atoms with Gasteiger partial charge in [0.05, 0.1) is 5.56 Å². The molecule has 0 aliphatic rings. The van der Waals surface area contributed by atoms with Crippen molar-refractivity contribution in [1.29, 1.82) is 0 Å². The van der Waals surface area contributed by atoms with E-state index in [0.717, 1.165) is 9.79 Å². The monoisotopic (exact) mass is 264 g/mol. The van der Waals surface area contributed by atoms with Crippen LogP contribution in [0.4, 0.5) is 0 Å². The number of rotatable bonds is 3. The summed E-state index contributed by atoms with van der Waals surface area (Å²) >= 11 is 7.20. The lowest BCUT2D eigenvalue weighted by molar-refractivity contribution is 0.0693. The van der Waals surface area contributed by atoms with Crippen LogP contribution < -0.4 is 0 Å². The molecule has 0 bridgehead atoms. The lowest BCUT2D eigenvalue weighted by Crippen LogP contribution is -1.97. The van der Waals surface area contributed by atoms with Gasteiger partial charge in [-0.1, -0.05) is 35.5 Å². The average Bonchev–Trinajstić information content (AvgIpc) is 2.32. The fraction of sp³-hybridized carbons (Fsp3) is 0. The van der Waals surface area contributed by atoms with E-state index in [1.807, 2.05) is 18.2 Å². The van der Waals surface area contributed by atoms with E-state index < -0.39 is 5.97 Å². The maximum Gasteiger partial charge on any atom is 0.336 e. The molecule has 0 saturated carbocycles. The van der Waals surface area contributed by atoms with Gasteiger partial charge in [0.25, 0.3) is 0 Å². The zero-order valence-corrected chi connectivity index (χ0v) is 10.3. The van der Waals surface area contributed by atoms with Crippen molar-refractivity contribution in [2.45, 2.75) is 9.79 Å². The van der Waals surface area contributed by atoms with Crippen molar-refractivity contribution in [1.82, 2.24) is 0 Å². The van der Waals surface area contributed by atoms with Gasteiger partial charge >= 0.3 is 5.97 Å². The molecule has 86 valence electrons. The van der Waals surface area contributed by atoms with Gasteiger partial charge < -0.3 is 5.11 Å². The van der Waals surface area contributed by atoms with E-state index in [1.54, 1.807) is 30.3 Å². The lowest BCUT2D eigenvalue weighted by Gasteiger charge is -2.05. The van der Waals surface area contributed by atoms with E-state index >= 15 is 0 Å². The Labute approximate surface area is 108 Å². The molecule has 0 aromatic heterocycles. The van der Waals surface area contributed by atoms with Crippen molar-refractivity contribution in [3.8, 4) is 0 Å². The Morgan fingerprint density at radius 2 is 1.71 bits per heavy atom. The van der Waals surface area contributed by atoms with Gasteiger partial charge in [-0.3, -0.25) is 0 Å². The average molecular weight is 265 g/mol. The first-order valence-electron chi connectivity index (χ1n) is 4.92. The largest absolute Gasteiger partial charge is 0.478 e. The fourth-order valence-electron chi connectivity index (χ4n) is 1.36. The normalized spacial score (nSPS) is 10.2. The highest BCUT2D eigenvalue weighted by atomic mass is 35.5. The van der Waals surface area contributed by atoms with E-state index in [0.29, 0.717) is 10.6 Å². The molecule has 0 heterocycles. The SMILES string of the molecule is O=C(O)c1ccccc1Sc1ccc(Cl)cc1. The Morgan fingerprint density at radius 3 is 2.35 bits per heavy atom. The standard InChI is InChI=1S/C13H9ClO2S/c14-9-5-7-10(8-6-9)17-12-4-2-1-3-11(12)13(15)16/h1-8H,(H,15,16). The molecule has 0 spiro atoms. The van der Waals surface area contributed by atoms with Crippen LogP contribution in [-0.2, 0) is 0 Å². The quantitative estimate of drug-likeness (QED) is 0.903. The number of carbonyl (C=O) groups is 1. The molecule has 0 aliphatic carbocycles. The number of carboxylic acids is 1. The van der Waals surface area contributed by atoms with Crippen LogP contribution in [0.2, 0.25) is 5.02 Å². The Balaban J connectivity index is 2.30. The third-order valence-electron chi connectivity index (χ3n) is 2.16. The summed E-state index contributed by atoms with van der Waals surface area (Å²) in [6.07, 6.45) is 0. The summed E-state index contributed by atoms with van der Waals surface area (Å²) < 4.78 is 0. The highest BCUT2D eigenvalue weighted by molar-refractivity contribution is 7.99. The summed E-state index contributed by atoms with van der Waals surface area (Å²) in [4.78, 5) is 12.7. The van der Waals surface area contributed by atoms with E-state index in [2.05, 4.69) is 0 Å². The molecule has 17 heavy (non-hydrogen) atoms. The van der Waals surface area contributed by atoms with Crippen molar-refractivity contribution in [2.24, 2.45) is 0 Å². The van der Waals surface area contributed by atoms with Crippen LogP contribution in [0, 0.1) is 0 Å². The predicted octanol–water partition coefficient (Wildman–Crippen LogP) is 4.19. The van der Waals surface area contributed by atoms with Crippen molar-refractivity contribution in [3.05, 3.63) is 59.1 Å². The maximum absolute atomic E-state index is 11.0. The van der Waals surface area contributed by atoms with E-state index in [9.17, 15) is 4.79 Å². The summed E-state index contributed by atoms with van der Waals surface area (Å²) in [7, 11) is 0. The summed E-state index contributed by atoms with van der Waals surface area (Å²) in [5.74, 6) is -0.915. The molecular weight excluding hydrogens is 256 g/mol. The number of hydrogen-bond acceptors (Lipinski definition) is 2. The molecule has 2 aromatic rings. The molecule has 0 aliphatic heterocycles. The second kappa shape index (κ2) is 5.25. The zero-order chi connectivity index (χ0) is 12.3. The van der Waals surface area contributed by atoms with Crippen LogP contribution in [0.25, 0.3) is 0 Å². The summed E-state index contributed by atoms with van der Waals surface area (Å²) in [5, 5.41) is 9.72. The van der Waals surface area contributed by atoms with Gasteiger partial charge in [0.2, 0.25) is 0 Å². The van der Waals surface area contributed by atoms with Gasteiger partial charge in [-0.25, -0.2) is 4.79 Å². The van der Waals surface area contributed by atoms with Crippen molar-refractivity contribution < 1.29 is 9.90 Å². The van der Waals surface area contributed by atoms with Gasteiger partial charge in [-0.15, -0.1) is 0 Å². The number of benzene rings is 2. The Kier molecular flexibility index (Phi) is 3.71. The van der Waals surface area contributed by atoms with Gasteiger partial charge in [0.15, 0.2) is 0 Å². The molecule has 0 atom stereocenters. The van der Waals surface area contributed by atoms with Crippen LogP contribution in [-0.4, -0.2) is 11.1 Å². The van der Waals surface area contributed by atoms with E-state index in [4.69, 9.17) is 16.7 Å². The molecule has 4 heteroatoms. The second-order valence-corrected chi connectivity index (χ2v) is 4.91. The Bertz CT molecular complexity index is 537. The number of hydrogen-bond donors (Lipinski definition) is 1. The first kappa shape index (κ1) is 12.0. The minimum atomic E-state index is -0.915. The minimum absolute atomic E-state index is 0.312. The summed E-state index contributed by atoms with van der Waals surface area (Å²) in [6, 6.07) is 14.2. The number of carboxylic acid groups (broad SMARTS) is 1. The molecule has 1 N–H and O–H groups in total. The Hall–Kier alpha value is -1.45. The van der Waals surface area contributed by atoms with Gasteiger partial charge in [-0.05, 0) is 36.4 Å². The highest BCUT2D eigenvalue weighted by Gasteiger charge is 2.09. The smallest absolute Gasteiger partial charge is 0.336 e. The Morgan fingerprint density at radius 1 is 1.06 bits per heavy atom. The van der Waals surface area contributed by atoms with Crippen LogP contribution >= 0.6 is 23.4 Å². The van der Waals surface area contributed by atoms with Crippen LogP contribution in [0.15, 0.2) is 58.3 Å². The van der Waals surface area contributed by atoms with Crippen molar-refractivity contribution in [3.63, 3.8) is 0 Å². The molecule has 2 aromatic carbocycles. The molecule has 0 fully saturated rings. The first-order chi connectivity index (χ1) is 8.16. The summed E-state index contributed by atoms with van der Waals surface area (Å²) in [6.45, 7) is 0. The van der Waals surface area contributed by atoms with Gasteiger partial charge in [0.1, 0.15) is 0 Å². The van der Waals surface area contributed by atoms with Crippen LogP contribution in [0.3, 0.4) is 0 Å². The number of aromatic carboxylic acids is 1. The van der Waals surface area contributed by atoms with Crippen LogP contribution in [0.1, 0.15) is 10.4 Å². The maximum atomic E-state index is 11.0. The van der Waals surface area contributed by atoms with Gasteiger partial charge in [0, 0.05) is 14.8 Å². The minimum Gasteiger partial charge on any atom is -0.478 e. The van der Waals surface area contributed by atoms with Crippen LogP contribution in [0.5, 0.6) is 0 Å². The van der Waals surface area contributed by atoms with Crippen molar-refractivity contribution >= 4 is 29.3 Å². The molecule has 0 saturated heterocycles. The molecule has 0 radical (unpaired) electrons. The van der Waals surface area contributed by atoms with E-state index in [-0.39, 0.29) is 0 Å². The fourth-order valence-corrected chi connectivity index (χ4v) is 2.43. The molecular formula is C13H9ClO2S. The highest BCUT2D eigenvalue weighted by Crippen LogP contribution is 2.31. The summed E-state index contributed by atoms with van der Waals surface area (Å²) in [5.41, 5.74) is 0.312. The predicted molar refractivity (Wildman–Crippen MR) is 69.0 cm³/mol. The second-order valence-electron chi connectivity index (χ2n) is 3.36. The molecule has 2 nitrogen and oxygen atoms in total. The van der Waals surface area contributed by atoms with E-state index in [1.165, 1.54) is 11.8 Å². The molecule has 0 amide bonds. The number of halogens is 1. The van der Waals surface area contributed by atoms with Crippen molar-refractivity contribution in [2.75, 3.05) is 0 Å². The zero-order valence-electron chi connectivity index (χ0n) is 8.76.